The molecule has 2 saturated carbocycles. The smallest absolute Gasteiger partial charge is 0.281 e. The number of hydrogen-bond donors (Lipinski definition) is 0. The fourth-order valence-electron chi connectivity index (χ4n) is 4.64. The quantitative estimate of drug-likeness (QED) is 0.417. The van der Waals surface area contributed by atoms with E-state index >= 15 is 0 Å². The van der Waals surface area contributed by atoms with Crippen LogP contribution >= 0.6 is 0 Å². The van der Waals surface area contributed by atoms with Crippen LogP contribution in [0.1, 0.15) is 37.3 Å². The lowest BCUT2D eigenvalue weighted by molar-refractivity contribution is 0.642. The van der Waals surface area contributed by atoms with Crippen molar-refractivity contribution in [3.05, 3.63) is 65.1 Å². The fourth-order valence-corrected chi connectivity index (χ4v) is 4.64. The second-order valence-electron chi connectivity index (χ2n) is 9.40. The van der Waals surface area contributed by atoms with Crippen molar-refractivity contribution in [2.24, 2.45) is 13.0 Å². The molecule has 0 saturated heterocycles. The number of aromatic nitrogens is 7. The molecule has 0 amide bonds. The van der Waals surface area contributed by atoms with Crippen molar-refractivity contribution < 1.29 is 0 Å². The fraction of sp³-hybridized carbons (Fsp3) is 0.320. The lowest BCUT2D eigenvalue weighted by Gasteiger charge is -2.12. The van der Waals surface area contributed by atoms with Crippen molar-refractivity contribution in [2.45, 2.75) is 38.1 Å². The van der Waals surface area contributed by atoms with E-state index in [0.717, 1.165) is 34.2 Å². The third kappa shape index (κ3) is 3.16. The summed E-state index contributed by atoms with van der Waals surface area (Å²) in [5, 5.41) is 10.1. The van der Waals surface area contributed by atoms with Gasteiger partial charge in [0, 0.05) is 48.5 Å². The Morgan fingerprint density at radius 2 is 1.91 bits per heavy atom. The molecule has 7 rings (SSSR count). The first-order chi connectivity index (χ1) is 16.1. The molecule has 8 heteroatoms. The lowest BCUT2D eigenvalue weighted by Crippen LogP contribution is -2.24. The van der Waals surface area contributed by atoms with Gasteiger partial charge in [-0.1, -0.05) is 6.07 Å². The number of aryl methyl sites for hydroxylation is 1. The Morgan fingerprint density at radius 1 is 1.03 bits per heavy atom. The van der Waals surface area contributed by atoms with Gasteiger partial charge >= 0.3 is 0 Å². The minimum atomic E-state index is -0.163. The lowest BCUT2D eigenvalue weighted by atomic mass is 10.1. The van der Waals surface area contributed by atoms with Gasteiger partial charge in [-0.2, -0.15) is 9.78 Å². The standard InChI is InChI=1S/C25H23N7O/c1-30-13-18-10-19(7-9-21(18)28-30)32-25(33)22(17-6-8-20(26-11-17)16-4-5-16)23-24(29-32)27-14-31(23)12-15-2-3-15/h6-11,13-16H,2-5,12H2,1H3. The molecule has 2 aliphatic carbocycles. The first kappa shape index (κ1) is 18.7. The second-order valence-corrected chi connectivity index (χ2v) is 9.40. The van der Waals surface area contributed by atoms with E-state index < -0.39 is 0 Å². The Bertz CT molecular complexity index is 1580. The van der Waals surface area contributed by atoms with E-state index in [2.05, 4.69) is 30.8 Å². The summed E-state index contributed by atoms with van der Waals surface area (Å²) in [6.07, 6.45) is 10.4. The molecule has 8 nitrogen and oxygen atoms in total. The first-order valence-corrected chi connectivity index (χ1v) is 11.5. The Morgan fingerprint density at radius 3 is 2.67 bits per heavy atom. The molecular weight excluding hydrogens is 414 g/mol. The predicted molar refractivity (Wildman–Crippen MR) is 125 cm³/mol. The highest BCUT2D eigenvalue weighted by Crippen LogP contribution is 2.39. The van der Waals surface area contributed by atoms with Crippen molar-refractivity contribution in [3.8, 4) is 16.8 Å². The first-order valence-electron chi connectivity index (χ1n) is 11.5. The van der Waals surface area contributed by atoms with Gasteiger partial charge in [0.2, 0.25) is 0 Å². The van der Waals surface area contributed by atoms with Crippen LogP contribution in [0.15, 0.2) is 53.8 Å². The molecule has 0 atom stereocenters. The number of benzene rings is 1. The van der Waals surface area contributed by atoms with E-state index in [4.69, 9.17) is 0 Å². The Labute approximate surface area is 189 Å². The van der Waals surface area contributed by atoms with Gasteiger partial charge in [-0.15, -0.1) is 5.10 Å². The normalized spacial score (nSPS) is 16.2. The Kier molecular flexibility index (Phi) is 3.88. The van der Waals surface area contributed by atoms with Crippen molar-refractivity contribution in [1.29, 1.82) is 0 Å². The summed E-state index contributed by atoms with van der Waals surface area (Å²) < 4.78 is 5.33. The molecular formula is C25H23N7O. The van der Waals surface area contributed by atoms with E-state index in [1.165, 1.54) is 30.4 Å². The van der Waals surface area contributed by atoms with Gasteiger partial charge in [0.15, 0.2) is 5.65 Å². The third-order valence-electron chi connectivity index (χ3n) is 6.73. The van der Waals surface area contributed by atoms with E-state index in [1.807, 2.05) is 50.0 Å². The van der Waals surface area contributed by atoms with Crippen LogP contribution < -0.4 is 5.56 Å². The number of nitrogens with zero attached hydrogens (tertiary/aromatic N) is 7. The SMILES string of the molecule is Cn1cc2cc(-n3nc4ncn(CC5CC5)c4c(-c4ccc(C5CC5)nc4)c3=O)ccc2n1. The highest BCUT2D eigenvalue weighted by Gasteiger charge is 2.27. The van der Waals surface area contributed by atoms with Crippen LogP contribution in [0.5, 0.6) is 0 Å². The monoisotopic (exact) mass is 437 g/mol. The van der Waals surface area contributed by atoms with E-state index in [-0.39, 0.29) is 5.56 Å². The van der Waals surface area contributed by atoms with Crippen LogP contribution in [0.2, 0.25) is 0 Å². The maximum Gasteiger partial charge on any atom is 0.281 e. The number of imidazole rings is 1. The van der Waals surface area contributed by atoms with Gasteiger partial charge in [-0.25, -0.2) is 4.98 Å². The molecule has 1 aromatic carbocycles. The minimum Gasteiger partial charge on any atom is -0.328 e. The summed E-state index contributed by atoms with van der Waals surface area (Å²) in [6.45, 7) is 0.865. The minimum absolute atomic E-state index is 0.163. The Balaban J connectivity index is 1.45. The van der Waals surface area contributed by atoms with Crippen LogP contribution in [-0.4, -0.2) is 34.1 Å². The largest absolute Gasteiger partial charge is 0.328 e. The van der Waals surface area contributed by atoms with Crippen LogP contribution in [-0.2, 0) is 13.6 Å². The molecule has 164 valence electrons. The van der Waals surface area contributed by atoms with E-state index in [9.17, 15) is 4.79 Å². The van der Waals surface area contributed by atoms with Crippen LogP contribution in [0, 0.1) is 5.92 Å². The molecule has 0 aliphatic heterocycles. The van der Waals surface area contributed by atoms with Gasteiger partial charge in [0.1, 0.15) is 5.52 Å². The number of fused-ring (bicyclic) bond motifs is 2. The van der Waals surface area contributed by atoms with E-state index in [0.29, 0.717) is 28.7 Å². The molecule has 0 N–H and O–H groups in total. The highest BCUT2D eigenvalue weighted by atomic mass is 16.1. The van der Waals surface area contributed by atoms with Crippen LogP contribution in [0.3, 0.4) is 0 Å². The van der Waals surface area contributed by atoms with Crippen LogP contribution in [0.25, 0.3) is 38.9 Å². The summed E-state index contributed by atoms with van der Waals surface area (Å²) >= 11 is 0. The summed E-state index contributed by atoms with van der Waals surface area (Å²) in [7, 11) is 1.89. The number of hydrogen-bond acceptors (Lipinski definition) is 5. The predicted octanol–water partition coefficient (Wildman–Crippen LogP) is 3.82. The number of pyridine rings is 1. The zero-order valence-corrected chi connectivity index (χ0v) is 18.3. The molecule has 33 heavy (non-hydrogen) atoms. The summed E-state index contributed by atoms with van der Waals surface area (Å²) in [6, 6.07) is 9.84. The molecule has 2 fully saturated rings. The van der Waals surface area contributed by atoms with Crippen molar-refractivity contribution in [3.63, 3.8) is 0 Å². The maximum absolute atomic E-state index is 13.9. The van der Waals surface area contributed by atoms with Gasteiger partial charge in [0.25, 0.3) is 5.56 Å². The second kappa shape index (κ2) is 6.84. The highest BCUT2D eigenvalue weighted by molar-refractivity contribution is 5.89. The maximum atomic E-state index is 13.9. The molecule has 4 aromatic heterocycles. The average molecular weight is 438 g/mol. The Hall–Kier alpha value is -3.81. The van der Waals surface area contributed by atoms with Crippen molar-refractivity contribution >= 4 is 22.1 Å². The zero-order valence-electron chi connectivity index (χ0n) is 18.3. The molecule has 0 bridgehead atoms. The van der Waals surface area contributed by atoms with Gasteiger partial charge < -0.3 is 4.57 Å². The molecule has 2 aliphatic rings. The third-order valence-corrected chi connectivity index (χ3v) is 6.73. The van der Waals surface area contributed by atoms with Gasteiger partial charge in [-0.05, 0) is 55.9 Å². The molecule has 5 aromatic rings. The van der Waals surface area contributed by atoms with Gasteiger partial charge in [-0.3, -0.25) is 14.5 Å². The molecule has 4 heterocycles. The topological polar surface area (TPSA) is 83.4 Å². The number of rotatable bonds is 5. The van der Waals surface area contributed by atoms with Crippen molar-refractivity contribution in [1.82, 2.24) is 34.1 Å². The zero-order chi connectivity index (χ0) is 22.1. The van der Waals surface area contributed by atoms with Crippen LogP contribution in [0.4, 0.5) is 0 Å². The van der Waals surface area contributed by atoms with Gasteiger partial charge in [0.05, 0.1) is 23.1 Å². The van der Waals surface area contributed by atoms with Crippen molar-refractivity contribution in [2.75, 3.05) is 0 Å². The summed E-state index contributed by atoms with van der Waals surface area (Å²) in [5.74, 6) is 1.22. The molecule has 0 spiro atoms. The van der Waals surface area contributed by atoms with E-state index in [1.54, 1.807) is 4.68 Å². The summed E-state index contributed by atoms with van der Waals surface area (Å²) in [4.78, 5) is 23.2. The average Bonchev–Trinajstić information content (AvgIpc) is 3.74. The molecule has 0 unspecified atom stereocenters. The summed E-state index contributed by atoms with van der Waals surface area (Å²) in [5.41, 5.74) is 5.31. The molecule has 0 radical (unpaired) electrons.